The van der Waals surface area contributed by atoms with Gasteiger partial charge in [0.05, 0.1) is 0 Å². The molecule has 3 nitrogen and oxygen atoms in total. The maximum Gasteiger partial charge on any atom is 0.116 e. The van der Waals surface area contributed by atoms with Crippen LogP contribution in [0.5, 0.6) is 0 Å². The van der Waals surface area contributed by atoms with Gasteiger partial charge < -0.3 is 5.32 Å². The molecular formula is C10H19N3. The lowest BCUT2D eigenvalue weighted by molar-refractivity contribution is 0.123. The molecule has 1 aliphatic heterocycles. The Morgan fingerprint density at radius 1 is 1.46 bits per heavy atom. The molecule has 2 aliphatic rings. The van der Waals surface area contributed by atoms with E-state index in [0.717, 1.165) is 17.8 Å². The number of nitrogens with one attached hydrogen (secondary N) is 2. The smallest absolute Gasteiger partial charge is 0.116 e. The fourth-order valence-corrected chi connectivity index (χ4v) is 2.43. The Labute approximate surface area is 80.0 Å². The first kappa shape index (κ1) is 8.85. The van der Waals surface area contributed by atoms with Gasteiger partial charge in [0.15, 0.2) is 0 Å². The molecule has 1 aliphatic carbocycles. The van der Waals surface area contributed by atoms with Gasteiger partial charge in [-0.1, -0.05) is 13.8 Å². The summed E-state index contributed by atoms with van der Waals surface area (Å²) in [6, 6.07) is 0. The molecular weight excluding hydrogens is 162 g/mol. The van der Waals surface area contributed by atoms with Crippen molar-refractivity contribution >= 4 is 6.34 Å². The average molecular weight is 181 g/mol. The van der Waals surface area contributed by atoms with Crippen LogP contribution >= 0.6 is 0 Å². The minimum atomic E-state index is 0.420. The Morgan fingerprint density at radius 2 is 2.23 bits per heavy atom. The fourth-order valence-electron chi connectivity index (χ4n) is 2.43. The summed E-state index contributed by atoms with van der Waals surface area (Å²) in [7, 11) is 0. The number of rotatable bonds is 3. The summed E-state index contributed by atoms with van der Waals surface area (Å²) in [5, 5.41) is 7.20. The molecule has 1 saturated carbocycles. The van der Waals surface area contributed by atoms with Gasteiger partial charge in [0.25, 0.3) is 0 Å². The van der Waals surface area contributed by atoms with E-state index in [4.69, 9.17) is 0 Å². The van der Waals surface area contributed by atoms with Crippen molar-refractivity contribution in [2.75, 3.05) is 0 Å². The summed E-state index contributed by atoms with van der Waals surface area (Å²) in [5.74, 6) is 2.62. The molecule has 0 radical (unpaired) electrons. The predicted molar refractivity (Wildman–Crippen MR) is 54.2 cm³/mol. The van der Waals surface area contributed by atoms with Gasteiger partial charge in [-0.25, -0.2) is 0 Å². The van der Waals surface area contributed by atoms with Crippen molar-refractivity contribution < 1.29 is 0 Å². The first-order valence-corrected chi connectivity index (χ1v) is 5.29. The minimum Gasteiger partial charge on any atom is -0.353 e. The van der Waals surface area contributed by atoms with Crippen molar-refractivity contribution in [3.63, 3.8) is 0 Å². The molecule has 0 aromatic heterocycles. The zero-order valence-electron chi connectivity index (χ0n) is 8.46. The van der Waals surface area contributed by atoms with Crippen molar-refractivity contribution in [1.82, 2.24) is 10.7 Å². The van der Waals surface area contributed by atoms with Crippen LogP contribution in [0.25, 0.3) is 0 Å². The summed E-state index contributed by atoms with van der Waals surface area (Å²) in [6.45, 7) is 4.62. The van der Waals surface area contributed by atoms with Crippen LogP contribution in [0.15, 0.2) is 5.10 Å². The van der Waals surface area contributed by atoms with Crippen LogP contribution in [0.4, 0.5) is 0 Å². The largest absolute Gasteiger partial charge is 0.353 e. The molecule has 2 N–H and O–H groups in total. The topological polar surface area (TPSA) is 36.4 Å². The summed E-state index contributed by atoms with van der Waals surface area (Å²) in [6.07, 6.45) is 6.31. The monoisotopic (exact) mass is 181 g/mol. The van der Waals surface area contributed by atoms with E-state index in [9.17, 15) is 0 Å². The van der Waals surface area contributed by atoms with Crippen LogP contribution in [0.3, 0.4) is 0 Å². The van der Waals surface area contributed by atoms with E-state index in [-0.39, 0.29) is 0 Å². The Hall–Kier alpha value is -0.730. The Bertz CT molecular complexity index is 186. The Kier molecular flexibility index (Phi) is 2.42. The van der Waals surface area contributed by atoms with Gasteiger partial charge in [0, 0.05) is 0 Å². The third-order valence-corrected chi connectivity index (χ3v) is 3.08. The van der Waals surface area contributed by atoms with E-state index in [1.54, 1.807) is 6.34 Å². The second-order valence-corrected chi connectivity index (χ2v) is 4.76. The van der Waals surface area contributed by atoms with E-state index in [2.05, 4.69) is 29.7 Å². The lowest BCUT2D eigenvalue weighted by atomic mass is 9.70. The normalized spacial score (nSPS) is 37.0. The maximum absolute atomic E-state index is 3.97. The van der Waals surface area contributed by atoms with Gasteiger partial charge in [-0.2, -0.15) is 5.10 Å². The molecule has 0 amide bonds. The highest BCUT2D eigenvalue weighted by Crippen LogP contribution is 2.39. The molecule has 2 rings (SSSR count). The average Bonchev–Trinajstić information content (AvgIpc) is 2.46. The number of hydrogen-bond donors (Lipinski definition) is 2. The molecule has 1 fully saturated rings. The summed E-state index contributed by atoms with van der Waals surface area (Å²) in [5.41, 5.74) is 3.09. The summed E-state index contributed by atoms with van der Waals surface area (Å²) < 4.78 is 0. The van der Waals surface area contributed by atoms with E-state index in [1.807, 2.05) is 0 Å². The van der Waals surface area contributed by atoms with Crippen LogP contribution in [0, 0.1) is 17.8 Å². The van der Waals surface area contributed by atoms with Gasteiger partial charge in [-0.05, 0) is 37.0 Å². The highest BCUT2D eigenvalue weighted by Gasteiger charge is 2.35. The molecule has 0 spiro atoms. The second kappa shape index (κ2) is 3.56. The van der Waals surface area contributed by atoms with E-state index >= 15 is 0 Å². The molecule has 3 heteroatoms. The number of hydrogen-bond acceptors (Lipinski definition) is 3. The molecule has 74 valence electrons. The Balaban J connectivity index is 1.66. The van der Waals surface area contributed by atoms with Crippen LogP contribution in [0.1, 0.15) is 33.1 Å². The molecule has 1 heterocycles. The minimum absolute atomic E-state index is 0.420. The lowest BCUT2D eigenvalue weighted by Gasteiger charge is -2.39. The van der Waals surface area contributed by atoms with Crippen LogP contribution in [0.2, 0.25) is 0 Å². The van der Waals surface area contributed by atoms with Crippen LogP contribution < -0.4 is 10.7 Å². The third-order valence-electron chi connectivity index (χ3n) is 3.08. The summed E-state index contributed by atoms with van der Waals surface area (Å²) >= 11 is 0. The van der Waals surface area contributed by atoms with Gasteiger partial charge in [0.2, 0.25) is 0 Å². The van der Waals surface area contributed by atoms with Crippen molar-refractivity contribution in [3.8, 4) is 0 Å². The first-order chi connectivity index (χ1) is 6.25. The molecule has 0 bridgehead atoms. The number of nitrogens with zero attached hydrogens (tertiary/aromatic N) is 1. The fraction of sp³-hybridized carbons (Fsp3) is 0.900. The van der Waals surface area contributed by atoms with Gasteiger partial charge in [0.1, 0.15) is 12.5 Å². The van der Waals surface area contributed by atoms with Gasteiger partial charge in [-0.15, -0.1) is 0 Å². The predicted octanol–water partition coefficient (Wildman–Crippen LogP) is 1.52. The van der Waals surface area contributed by atoms with Crippen molar-refractivity contribution in [2.24, 2.45) is 22.9 Å². The Morgan fingerprint density at radius 3 is 2.77 bits per heavy atom. The maximum atomic E-state index is 3.97. The van der Waals surface area contributed by atoms with E-state index < -0.39 is 0 Å². The summed E-state index contributed by atoms with van der Waals surface area (Å²) in [4.78, 5) is 0. The molecule has 0 aromatic carbocycles. The van der Waals surface area contributed by atoms with E-state index in [0.29, 0.717) is 6.17 Å². The highest BCUT2D eigenvalue weighted by molar-refractivity contribution is 5.56. The number of hydrazone groups is 1. The highest BCUT2D eigenvalue weighted by atomic mass is 15.4. The van der Waals surface area contributed by atoms with Gasteiger partial charge >= 0.3 is 0 Å². The molecule has 1 unspecified atom stereocenters. The lowest BCUT2D eigenvalue weighted by Crippen LogP contribution is -2.45. The first-order valence-electron chi connectivity index (χ1n) is 5.29. The molecule has 13 heavy (non-hydrogen) atoms. The van der Waals surface area contributed by atoms with E-state index in [1.165, 1.54) is 19.3 Å². The quantitative estimate of drug-likeness (QED) is 0.692. The SMILES string of the molecule is CC(C)C[C@H]1C[C@@H](C2NC=NN2)C1. The van der Waals surface area contributed by atoms with Crippen molar-refractivity contribution in [1.29, 1.82) is 0 Å². The second-order valence-electron chi connectivity index (χ2n) is 4.76. The van der Waals surface area contributed by atoms with Gasteiger partial charge in [-0.3, -0.25) is 5.43 Å². The third kappa shape index (κ3) is 1.95. The molecule has 1 atom stereocenters. The van der Waals surface area contributed by atoms with Crippen molar-refractivity contribution in [2.45, 2.75) is 39.3 Å². The zero-order chi connectivity index (χ0) is 9.26. The zero-order valence-corrected chi connectivity index (χ0v) is 8.46. The van der Waals surface area contributed by atoms with Crippen molar-refractivity contribution in [3.05, 3.63) is 0 Å². The molecule has 0 aromatic rings. The standard InChI is InChI=1S/C10H19N3/c1-7(2)3-8-4-9(5-8)10-11-6-12-13-10/h6-10,13H,3-5H2,1-2H3,(H,11,12)/t8-,9+,10?. The van der Waals surface area contributed by atoms with Crippen LogP contribution in [-0.2, 0) is 0 Å². The molecule has 0 saturated heterocycles. The van der Waals surface area contributed by atoms with Crippen LogP contribution in [-0.4, -0.2) is 12.5 Å².